The number of carbonyl (C=O) groups is 1. The normalized spacial score (nSPS) is 10.2. The third-order valence-electron chi connectivity index (χ3n) is 2.96. The van der Waals surface area contributed by atoms with Gasteiger partial charge in [0.05, 0.1) is 6.61 Å². The van der Waals surface area contributed by atoms with Crippen LogP contribution in [0.25, 0.3) is 0 Å². The number of rotatable bonds is 7. The number of aromatic carboxylic acids is 1. The average Bonchev–Trinajstić information content (AvgIpc) is 2.50. The first kappa shape index (κ1) is 16.0. The summed E-state index contributed by atoms with van der Waals surface area (Å²) < 4.78 is 5.55. The number of carboxylic acids is 1. The molecule has 0 saturated heterocycles. The van der Waals surface area contributed by atoms with Gasteiger partial charge in [0.15, 0.2) is 0 Å². The Morgan fingerprint density at radius 3 is 2.59 bits per heavy atom. The first-order chi connectivity index (χ1) is 10.6. The molecular formula is C16H16ClNO4. The maximum absolute atomic E-state index is 10.9. The molecule has 2 aromatic rings. The van der Waals surface area contributed by atoms with Crippen LogP contribution in [-0.4, -0.2) is 29.3 Å². The quantitative estimate of drug-likeness (QED) is 0.536. The van der Waals surface area contributed by atoms with E-state index in [1.54, 1.807) is 30.3 Å². The lowest BCUT2D eigenvalue weighted by molar-refractivity contribution is 0.0694. The molecule has 22 heavy (non-hydrogen) atoms. The number of carboxylic acid groups (broad SMARTS) is 1. The molecule has 3 N–H and O–H groups in total. The predicted molar refractivity (Wildman–Crippen MR) is 85.1 cm³/mol. The molecule has 0 amide bonds. The number of halogens is 1. The lowest BCUT2D eigenvalue weighted by atomic mass is 10.2. The van der Waals surface area contributed by atoms with Crippen LogP contribution in [0.3, 0.4) is 0 Å². The van der Waals surface area contributed by atoms with Gasteiger partial charge in [0.25, 0.3) is 0 Å². The van der Waals surface area contributed by atoms with Gasteiger partial charge in [-0.15, -0.1) is 0 Å². The molecule has 2 rings (SSSR count). The van der Waals surface area contributed by atoms with Crippen LogP contribution in [0, 0.1) is 0 Å². The van der Waals surface area contributed by atoms with Crippen molar-refractivity contribution in [2.45, 2.75) is 6.42 Å². The van der Waals surface area contributed by atoms with Crippen molar-refractivity contribution in [3.63, 3.8) is 0 Å². The molecule has 0 unspecified atom stereocenters. The Bertz CT molecular complexity index is 643. The van der Waals surface area contributed by atoms with Gasteiger partial charge in [-0.05, 0) is 48.9 Å². The first-order valence-corrected chi connectivity index (χ1v) is 7.12. The summed E-state index contributed by atoms with van der Waals surface area (Å²) in [5.41, 5.74) is 0.518. The highest BCUT2D eigenvalue weighted by Gasteiger charge is 2.09. The summed E-state index contributed by atoms with van der Waals surface area (Å²) in [6.45, 7) is 1.15. The Kier molecular flexibility index (Phi) is 5.49. The molecule has 0 heterocycles. The van der Waals surface area contributed by atoms with E-state index in [0.717, 1.165) is 12.2 Å². The maximum atomic E-state index is 10.9. The van der Waals surface area contributed by atoms with Crippen LogP contribution in [-0.2, 0) is 0 Å². The molecule has 2 aromatic carbocycles. The number of phenols is 1. The largest absolute Gasteiger partial charge is 0.507 e. The van der Waals surface area contributed by atoms with Gasteiger partial charge in [0.2, 0.25) is 0 Å². The second kappa shape index (κ2) is 7.56. The molecule has 0 bridgehead atoms. The molecule has 0 aliphatic rings. The minimum absolute atomic E-state index is 0.123. The van der Waals surface area contributed by atoms with E-state index in [4.69, 9.17) is 21.4 Å². The fraction of sp³-hybridized carbons (Fsp3) is 0.188. The smallest absolute Gasteiger partial charge is 0.339 e. The van der Waals surface area contributed by atoms with Crippen LogP contribution in [0.2, 0.25) is 5.02 Å². The lowest BCUT2D eigenvalue weighted by Gasteiger charge is -2.09. The third-order valence-corrected chi connectivity index (χ3v) is 3.21. The number of anilines is 1. The van der Waals surface area contributed by atoms with Crippen molar-refractivity contribution in [3.05, 3.63) is 53.1 Å². The van der Waals surface area contributed by atoms with E-state index in [9.17, 15) is 9.90 Å². The summed E-state index contributed by atoms with van der Waals surface area (Å²) in [5.74, 6) is -0.654. The molecule has 0 radical (unpaired) electrons. The molecule has 0 aromatic heterocycles. The Balaban J connectivity index is 1.76. The number of hydrogen-bond donors (Lipinski definition) is 3. The van der Waals surface area contributed by atoms with E-state index in [0.29, 0.717) is 23.9 Å². The van der Waals surface area contributed by atoms with Crippen molar-refractivity contribution < 1.29 is 19.7 Å². The number of aromatic hydroxyl groups is 1. The maximum Gasteiger partial charge on any atom is 0.339 e. The van der Waals surface area contributed by atoms with E-state index >= 15 is 0 Å². The number of ether oxygens (including phenoxy) is 1. The molecule has 0 fully saturated rings. The standard InChI is InChI=1S/C16H16ClNO4/c17-11-2-5-13(6-3-11)22-9-1-8-18-12-4-7-15(19)14(10-12)16(20)21/h2-7,10,18-19H,1,8-9H2,(H,20,21). The van der Waals surface area contributed by atoms with Crippen molar-refractivity contribution in [1.29, 1.82) is 0 Å². The van der Waals surface area contributed by atoms with Crippen LogP contribution >= 0.6 is 11.6 Å². The Morgan fingerprint density at radius 2 is 1.91 bits per heavy atom. The molecule has 0 aliphatic carbocycles. The highest BCUT2D eigenvalue weighted by Crippen LogP contribution is 2.21. The van der Waals surface area contributed by atoms with E-state index in [1.807, 2.05) is 0 Å². The number of hydrogen-bond acceptors (Lipinski definition) is 4. The average molecular weight is 322 g/mol. The summed E-state index contributed by atoms with van der Waals surface area (Å²) in [7, 11) is 0. The van der Waals surface area contributed by atoms with Crippen molar-refractivity contribution in [1.82, 2.24) is 0 Å². The van der Waals surface area contributed by atoms with Crippen LogP contribution in [0.4, 0.5) is 5.69 Å². The zero-order valence-corrected chi connectivity index (χ0v) is 12.5. The fourth-order valence-electron chi connectivity index (χ4n) is 1.84. The molecule has 0 aliphatic heterocycles. The zero-order chi connectivity index (χ0) is 15.9. The van der Waals surface area contributed by atoms with Gasteiger partial charge in [0, 0.05) is 17.3 Å². The van der Waals surface area contributed by atoms with Gasteiger partial charge in [-0.1, -0.05) is 11.6 Å². The van der Waals surface area contributed by atoms with Gasteiger partial charge in [0.1, 0.15) is 17.1 Å². The molecule has 6 heteroatoms. The number of benzene rings is 2. The van der Waals surface area contributed by atoms with Gasteiger partial charge < -0.3 is 20.3 Å². The highest BCUT2D eigenvalue weighted by atomic mass is 35.5. The Labute approximate surface area is 133 Å². The molecule has 0 spiro atoms. The van der Waals surface area contributed by atoms with Gasteiger partial charge in [-0.3, -0.25) is 0 Å². The summed E-state index contributed by atoms with van der Waals surface area (Å²) in [5, 5.41) is 22.1. The summed E-state index contributed by atoms with van der Waals surface area (Å²) in [6, 6.07) is 11.5. The van der Waals surface area contributed by atoms with Crippen molar-refractivity contribution >= 4 is 23.3 Å². The number of nitrogens with one attached hydrogen (secondary N) is 1. The first-order valence-electron chi connectivity index (χ1n) is 6.75. The Hall–Kier alpha value is -2.40. The van der Waals surface area contributed by atoms with Crippen LogP contribution in [0.5, 0.6) is 11.5 Å². The summed E-state index contributed by atoms with van der Waals surface area (Å²) in [4.78, 5) is 10.9. The van der Waals surface area contributed by atoms with Crippen molar-refractivity contribution in [2.24, 2.45) is 0 Å². The SMILES string of the molecule is O=C(O)c1cc(NCCCOc2ccc(Cl)cc2)ccc1O. The van der Waals surface area contributed by atoms with E-state index in [1.165, 1.54) is 12.1 Å². The van der Waals surface area contributed by atoms with E-state index < -0.39 is 5.97 Å². The molecule has 0 atom stereocenters. The second-order valence-electron chi connectivity index (χ2n) is 4.62. The summed E-state index contributed by atoms with van der Waals surface area (Å²) >= 11 is 5.78. The van der Waals surface area contributed by atoms with Crippen molar-refractivity contribution in [2.75, 3.05) is 18.5 Å². The predicted octanol–water partition coefficient (Wildman–Crippen LogP) is 3.62. The van der Waals surface area contributed by atoms with E-state index in [2.05, 4.69) is 5.32 Å². The minimum Gasteiger partial charge on any atom is -0.507 e. The third kappa shape index (κ3) is 4.56. The van der Waals surface area contributed by atoms with Crippen LogP contribution in [0.1, 0.15) is 16.8 Å². The molecule has 0 saturated carbocycles. The van der Waals surface area contributed by atoms with Crippen molar-refractivity contribution in [3.8, 4) is 11.5 Å². The van der Waals surface area contributed by atoms with Crippen LogP contribution < -0.4 is 10.1 Å². The zero-order valence-electron chi connectivity index (χ0n) is 11.8. The molecular weight excluding hydrogens is 306 g/mol. The molecule has 116 valence electrons. The highest BCUT2D eigenvalue weighted by molar-refractivity contribution is 6.30. The monoisotopic (exact) mass is 321 g/mol. The summed E-state index contributed by atoms with van der Waals surface area (Å²) in [6.07, 6.45) is 0.742. The lowest BCUT2D eigenvalue weighted by Crippen LogP contribution is -2.08. The van der Waals surface area contributed by atoms with Gasteiger partial charge in [-0.25, -0.2) is 4.79 Å². The Morgan fingerprint density at radius 1 is 1.18 bits per heavy atom. The van der Waals surface area contributed by atoms with Gasteiger partial charge >= 0.3 is 5.97 Å². The van der Waals surface area contributed by atoms with E-state index in [-0.39, 0.29) is 11.3 Å². The second-order valence-corrected chi connectivity index (χ2v) is 5.06. The minimum atomic E-state index is -1.16. The van der Waals surface area contributed by atoms with Gasteiger partial charge in [-0.2, -0.15) is 0 Å². The molecule has 5 nitrogen and oxygen atoms in total. The fourth-order valence-corrected chi connectivity index (χ4v) is 1.97. The topological polar surface area (TPSA) is 78.8 Å². The van der Waals surface area contributed by atoms with Crippen LogP contribution in [0.15, 0.2) is 42.5 Å².